The van der Waals surface area contributed by atoms with Crippen molar-refractivity contribution in [3.63, 3.8) is 0 Å². The second kappa shape index (κ2) is 7.41. The molecule has 3 heteroatoms. The maximum absolute atomic E-state index is 12.9. The number of likely N-dealkylation sites (N-methyl/N-ethyl adjacent to an activating group) is 1. The Kier molecular flexibility index (Phi) is 5.57. The van der Waals surface area contributed by atoms with Gasteiger partial charge in [0.1, 0.15) is 0 Å². The number of rotatable bonds is 5. The third-order valence-electron chi connectivity index (χ3n) is 4.11. The fourth-order valence-corrected chi connectivity index (χ4v) is 3.03. The Morgan fingerprint density at radius 1 is 1.29 bits per heavy atom. The summed E-state index contributed by atoms with van der Waals surface area (Å²) in [5.74, 6) is 0.176. The van der Waals surface area contributed by atoms with Gasteiger partial charge >= 0.3 is 0 Å². The maximum atomic E-state index is 12.9. The fourth-order valence-electron chi connectivity index (χ4n) is 3.03. The second-order valence-corrected chi connectivity index (χ2v) is 5.65. The van der Waals surface area contributed by atoms with Gasteiger partial charge in [0.2, 0.25) is 0 Å². The minimum Gasteiger partial charge on any atom is -0.342 e. The molecule has 1 heterocycles. The van der Waals surface area contributed by atoms with E-state index < -0.39 is 0 Å². The number of hydrogen-bond donors (Lipinski definition) is 1. The van der Waals surface area contributed by atoms with Crippen LogP contribution in [0.5, 0.6) is 0 Å². The number of carbonyl (C=O) groups is 1. The van der Waals surface area contributed by atoms with E-state index in [1.54, 1.807) is 0 Å². The van der Waals surface area contributed by atoms with Crippen molar-refractivity contribution in [2.75, 3.05) is 20.1 Å². The quantitative estimate of drug-likeness (QED) is 0.902. The normalized spacial score (nSPS) is 18.7. The van der Waals surface area contributed by atoms with Crippen molar-refractivity contribution in [3.8, 4) is 0 Å². The monoisotopic (exact) mass is 286 g/mol. The van der Waals surface area contributed by atoms with Crippen LogP contribution in [0.15, 0.2) is 35.9 Å². The van der Waals surface area contributed by atoms with Gasteiger partial charge in [0.25, 0.3) is 5.91 Å². The molecule has 1 aliphatic heterocycles. The average Bonchev–Trinajstić information content (AvgIpc) is 2.54. The van der Waals surface area contributed by atoms with Crippen LogP contribution in [0.25, 0.3) is 5.57 Å². The van der Waals surface area contributed by atoms with E-state index in [2.05, 4.69) is 31.3 Å². The molecule has 1 unspecified atom stereocenters. The highest BCUT2D eigenvalue weighted by molar-refractivity contribution is 6.02. The molecule has 1 atom stereocenters. The van der Waals surface area contributed by atoms with Gasteiger partial charge in [-0.15, -0.1) is 0 Å². The fraction of sp³-hybridized carbons (Fsp3) is 0.500. The Hall–Kier alpha value is -1.61. The summed E-state index contributed by atoms with van der Waals surface area (Å²) in [6, 6.07) is 10.5. The first kappa shape index (κ1) is 15.8. The first-order valence-electron chi connectivity index (χ1n) is 7.96. The van der Waals surface area contributed by atoms with E-state index in [1.807, 2.05) is 30.1 Å². The van der Waals surface area contributed by atoms with Crippen LogP contribution in [0.4, 0.5) is 0 Å². The van der Waals surface area contributed by atoms with E-state index in [1.165, 1.54) is 11.1 Å². The summed E-state index contributed by atoms with van der Waals surface area (Å²) in [6.07, 6.45) is 2.85. The van der Waals surface area contributed by atoms with Crippen LogP contribution in [0, 0.1) is 0 Å². The highest BCUT2D eigenvalue weighted by Crippen LogP contribution is 2.29. The van der Waals surface area contributed by atoms with E-state index in [-0.39, 0.29) is 11.9 Å². The lowest BCUT2D eigenvalue weighted by Gasteiger charge is -2.31. The van der Waals surface area contributed by atoms with Gasteiger partial charge in [-0.3, -0.25) is 4.79 Å². The summed E-state index contributed by atoms with van der Waals surface area (Å²) < 4.78 is 0. The summed E-state index contributed by atoms with van der Waals surface area (Å²) in [4.78, 5) is 14.7. The van der Waals surface area contributed by atoms with E-state index in [9.17, 15) is 4.79 Å². The minimum atomic E-state index is 0.167. The van der Waals surface area contributed by atoms with Crippen LogP contribution in [-0.4, -0.2) is 37.0 Å². The molecule has 2 rings (SSSR count). The molecule has 1 aliphatic rings. The summed E-state index contributed by atoms with van der Waals surface area (Å²) in [5.41, 5.74) is 3.37. The van der Waals surface area contributed by atoms with Crippen LogP contribution in [0.2, 0.25) is 0 Å². The number of amides is 1. The van der Waals surface area contributed by atoms with Crippen LogP contribution < -0.4 is 5.32 Å². The Morgan fingerprint density at radius 2 is 2.00 bits per heavy atom. The Bertz CT molecular complexity index is 507. The summed E-state index contributed by atoms with van der Waals surface area (Å²) >= 11 is 0. The van der Waals surface area contributed by atoms with Gasteiger partial charge < -0.3 is 10.2 Å². The molecule has 21 heavy (non-hydrogen) atoms. The molecule has 0 bridgehead atoms. The Morgan fingerprint density at radius 3 is 2.62 bits per heavy atom. The third-order valence-corrected chi connectivity index (χ3v) is 4.11. The predicted molar refractivity (Wildman–Crippen MR) is 88.0 cm³/mol. The molecule has 0 saturated carbocycles. The first-order chi connectivity index (χ1) is 10.2. The smallest absolute Gasteiger partial charge is 0.251 e. The van der Waals surface area contributed by atoms with E-state index in [0.717, 1.165) is 37.9 Å². The lowest BCUT2D eigenvalue weighted by molar-refractivity contribution is -0.126. The number of hydrogen-bond acceptors (Lipinski definition) is 2. The van der Waals surface area contributed by atoms with Gasteiger partial charge in [-0.05, 0) is 36.9 Å². The van der Waals surface area contributed by atoms with E-state index in [4.69, 9.17) is 0 Å². The van der Waals surface area contributed by atoms with Crippen LogP contribution in [0.3, 0.4) is 0 Å². The zero-order chi connectivity index (χ0) is 15.2. The van der Waals surface area contributed by atoms with Crippen molar-refractivity contribution in [2.24, 2.45) is 0 Å². The molecule has 1 aromatic carbocycles. The Balaban J connectivity index is 2.44. The molecule has 0 fully saturated rings. The molecule has 0 radical (unpaired) electrons. The van der Waals surface area contributed by atoms with Crippen molar-refractivity contribution in [2.45, 2.75) is 39.2 Å². The molecule has 0 spiro atoms. The highest BCUT2D eigenvalue weighted by Gasteiger charge is 2.29. The van der Waals surface area contributed by atoms with Crippen molar-refractivity contribution in [3.05, 3.63) is 41.5 Å². The molecule has 0 saturated heterocycles. The van der Waals surface area contributed by atoms with Crippen LogP contribution in [-0.2, 0) is 4.79 Å². The number of benzene rings is 1. The molecular weight excluding hydrogens is 260 g/mol. The highest BCUT2D eigenvalue weighted by atomic mass is 16.2. The molecule has 1 N–H and O–H groups in total. The molecule has 1 amide bonds. The zero-order valence-electron chi connectivity index (χ0n) is 13.4. The molecular formula is C18H26N2O. The van der Waals surface area contributed by atoms with Gasteiger partial charge in [0.15, 0.2) is 0 Å². The molecule has 114 valence electrons. The van der Waals surface area contributed by atoms with Crippen LogP contribution >= 0.6 is 0 Å². The third kappa shape index (κ3) is 3.53. The maximum Gasteiger partial charge on any atom is 0.251 e. The van der Waals surface area contributed by atoms with Gasteiger partial charge in [0, 0.05) is 25.2 Å². The van der Waals surface area contributed by atoms with Gasteiger partial charge in [-0.25, -0.2) is 0 Å². The lowest BCUT2D eigenvalue weighted by atomic mass is 9.87. The van der Waals surface area contributed by atoms with Gasteiger partial charge in [-0.2, -0.15) is 0 Å². The summed E-state index contributed by atoms with van der Waals surface area (Å²) in [7, 11) is 1.91. The lowest BCUT2D eigenvalue weighted by Crippen LogP contribution is -2.43. The van der Waals surface area contributed by atoms with Crippen LogP contribution in [0.1, 0.15) is 38.7 Å². The van der Waals surface area contributed by atoms with Crippen molar-refractivity contribution in [1.82, 2.24) is 10.2 Å². The second-order valence-electron chi connectivity index (χ2n) is 5.65. The zero-order valence-corrected chi connectivity index (χ0v) is 13.4. The molecule has 0 aromatic heterocycles. The topological polar surface area (TPSA) is 32.3 Å². The molecule has 1 aromatic rings. The molecule has 3 nitrogen and oxygen atoms in total. The Labute approximate surface area is 128 Å². The van der Waals surface area contributed by atoms with E-state index >= 15 is 0 Å². The first-order valence-corrected chi connectivity index (χ1v) is 7.96. The number of carbonyl (C=O) groups excluding carboxylic acids is 1. The van der Waals surface area contributed by atoms with Crippen molar-refractivity contribution >= 4 is 11.5 Å². The number of nitrogens with one attached hydrogen (secondary N) is 1. The summed E-state index contributed by atoms with van der Waals surface area (Å²) in [5, 5.41) is 3.49. The largest absolute Gasteiger partial charge is 0.342 e. The van der Waals surface area contributed by atoms with E-state index in [0.29, 0.717) is 0 Å². The number of nitrogens with zero attached hydrogens (tertiary/aromatic N) is 1. The summed E-state index contributed by atoms with van der Waals surface area (Å²) in [6.45, 7) is 5.99. The van der Waals surface area contributed by atoms with Gasteiger partial charge in [0.05, 0.1) is 0 Å². The van der Waals surface area contributed by atoms with Crippen molar-refractivity contribution in [1.29, 1.82) is 0 Å². The molecule has 0 aliphatic carbocycles. The van der Waals surface area contributed by atoms with Gasteiger partial charge in [-0.1, -0.05) is 44.2 Å². The predicted octanol–water partition coefficient (Wildman–Crippen LogP) is 3.08. The standard InChI is InChI=1S/C18H26N2O/c1-4-13-20(3)18(21)17-15(11-12-19-16(17)5-2)14-9-7-6-8-10-14/h6-10,16,19H,4-5,11-13H2,1-3H3. The SMILES string of the molecule is CCCN(C)C(=O)C1=C(c2ccccc2)CCNC1CC. The average molecular weight is 286 g/mol. The minimum absolute atomic E-state index is 0.167. The van der Waals surface area contributed by atoms with Crippen molar-refractivity contribution < 1.29 is 4.79 Å².